The van der Waals surface area contributed by atoms with Crippen molar-refractivity contribution in [1.29, 1.82) is 0 Å². The fraction of sp³-hybridized carbons (Fsp3) is 0.538. The molecular weight excluding hydrogens is 289 g/mol. The second-order valence-corrected chi connectivity index (χ2v) is 6.40. The molecule has 0 bridgehead atoms. The molecule has 0 heterocycles. The van der Waals surface area contributed by atoms with Crippen molar-refractivity contribution in [3.05, 3.63) is 27.7 Å². The Balaban J connectivity index is 2.48. The molecule has 0 saturated heterocycles. The van der Waals surface area contributed by atoms with Crippen LogP contribution in [0.15, 0.2) is 12.1 Å². The number of phenols is 1. The predicted octanol–water partition coefficient (Wildman–Crippen LogP) is 4.32. The Bertz CT molecular complexity index is 387. The van der Waals surface area contributed by atoms with Gasteiger partial charge < -0.3 is 10.4 Å². The molecule has 0 saturated carbocycles. The van der Waals surface area contributed by atoms with Gasteiger partial charge in [-0.25, -0.2) is 0 Å². The zero-order valence-corrected chi connectivity index (χ0v) is 13.0. The minimum Gasteiger partial charge on any atom is -0.506 e. The molecule has 2 N–H and O–H groups in total. The third kappa shape index (κ3) is 5.27. The number of phenolic OH excluding ortho intramolecular Hbond substituents is 1. The van der Waals surface area contributed by atoms with E-state index in [2.05, 4.69) is 19.2 Å². The highest BCUT2D eigenvalue weighted by atomic mass is 35.5. The summed E-state index contributed by atoms with van der Waals surface area (Å²) in [4.78, 5) is 0. The van der Waals surface area contributed by atoms with Crippen molar-refractivity contribution in [2.45, 2.75) is 32.9 Å². The number of rotatable bonds is 7. The van der Waals surface area contributed by atoms with Crippen LogP contribution >= 0.6 is 35.0 Å². The summed E-state index contributed by atoms with van der Waals surface area (Å²) in [6.45, 7) is 4.87. The zero-order chi connectivity index (χ0) is 13.5. The van der Waals surface area contributed by atoms with Crippen LogP contribution in [0.5, 0.6) is 5.75 Å². The quantitative estimate of drug-likeness (QED) is 0.736. The molecule has 2 nitrogen and oxygen atoms in total. The molecule has 0 aliphatic rings. The predicted molar refractivity (Wildman–Crippen MR) is 82.0 cm³/mol. The maximum atomic E-state index is 9.81. The summed E-state index contributed by atoms with van der Waals surface area (Å²) in [5.74, 6) is 2.41. The van der Waals surface area contributed by atoms with Crippen molar-refractivity contribution in [1.82, 2.24) is 5.32 Å². The van der Waals surface area contributed by atoms with Crippen LogP contribution in [0.1, 0.15) is 25.8 Å². The summed E-state index contributed by atoms with van der Waals surface area (Å²) in [6.07, 6.45) is 1.10. The van der Waals surface area contributed by atoms with E-state index in [0.29, 0.717) is 22.6 Å². The van der Waals surface area contributed by atoms with Crippen molar-refractivity contribution in [3.63, 3.8) is 0 Å². The van der Waals surface area contributed by atoms with Gasteiger partial charge in [0.25, 0.3) is 0 Å². The smallest absolute Gasteiger partial charge is 0.138 e. The molecule has 0 aromatic heterocycles. The number of thioether (sulfide) groups is 1. The number of nitrogens with one attached hydrogen (secondary N) is 1. The van der Waals surface area contributed by atoms with Crippen LogP contribution in [0, 0.1) is 0 Å². The average Bonchev–Trinajstić information content (AvgIpc) is 2.32. The zero-order valence-electron chi connectivity index (χ0n) is 10.7. The number of benzene rings is 1. The lowest BCUT2D eigenvalue weighted by molar-refractivity contribution is 0.458. The van der Waals surface area contributed by atoms with Gasteiger partial charge in [-0.05, 0) is 37.0 Å². The van der Waals surface area contributed by atoms with Gasteiger partial charge in [0.15, 0.2) is 0 Å². The maximum absolute atomic E-state index is 9.81. The Morgan fingerprint density at radius 1 is 1.39 bits per heavy atom. The van der Waals surface area contributed by atoms with Crippen LogP contribution in [0.25, 0.3) is 0 Å². The van der Waals surface area contributed by atoms with Gasteiger partial charge in [-0.2, -0.15) is 11.8 Å². The molecule has 0 aliphatic heterocycles. The number of hydrogen-bond donors (Lipinski definition) is 2. The number of halogens is 2. The normalized spacial score (nSPS) is 12.7. The highest BCUT2D eigenvalue weighted by Gasteiger charge is 2.09. The van der Waals surface area contributed by atoms with Gasteiger partial charge in [0.05, 0.1) is 5.02 Å². The molecule has 0 aliphatic carbocycles. The summed E-state index contributed by atoms with van der Waals surface area (Å²) in [6, 6.07) is 3.69. The van der Waals surface area contributed by atoms with Gasteiger partial charge in [-0.1, -0.05) is 30.1 Å². The largest absolute Gasteiger partial charge is 0.506 e. The lowest BCUT2D eigenvalue weighted by atomic mass is 10.1. The summed E-state index contributed by atoms with van der Waals surface area (Å²) in [5.41, 5.74) is 0.738. The molecule has 1 aromatic rings. The lowest BCUT2D eigenvalue weighted by Gasteiger charge is -2.14. The van der Waals surface area contributed by atoms with Crippen LogP contribution in [0.2, 0.25) is 10.0 Å². The first kappa shape index (κ1) is 16.0. The van der Waals surface area contributed by atoms with E-state index in [9.17, 15) is 5.11 Å². The Hall–Kier alpha value is -0.0900. The number of aromatic hydroxyl groups is 1. The van der Waals surface area contributed by atoms with Gasteiger partial charge >= 0.3 is 0 Å². The second kappa shape index (κ2) is 8.16. The summed E-state index contributed by atoms with van der Waals surface area (Å²) in [7, 11) is 0. The SMILES string of the molecule is CCSCCC(C)NCc1cc(Cl)cc(Cl)c1O. The molecule has 1 unspecified atom stereocenters. The Morgan fingerprint density at radius 3 is 2.78 bits per heavy atom. The number of hydrogen-bond acceptors (Lipinski definition) is 3. The first-order valence-electron chi connectivity index (χ1n) is 6.02. The van der Waals surface area contributed by atoms with Crippen molar-refractivity contribution in [2.75, 3.05) is 11.5 Å². The highest BCUT2D eigenvalue weighted by Crippen LogP contribution is 2.31. The van der Waals surface area contributed by atoms with E-state index >= 15 is 0 Å². The van der Waals surface area contributed by atoms with Crippen molar-refractivity contribution in [3.8, 4) is 5.75 Å². The molecule has 5 heteroatoms. The fourth-order valence-electron chi connectivity index (χ4n) is 1.54. The van der Waals surface area contributed by atoms with Crippen LogP contribution in [0.4, 0.5) is 0 Å². The van der Waals surface area contributed by atoms with E-state index < -0.39 is 0 Å². The molecule has 0 amide bonds. The minimum absolute atomic E-state index is 0.115. The van der Waals surface area contributed by atoms with Gasteiger partial charge in [0.2, 0.25) is 0 Å². The molecule has 1 rings (SSSR count). The third-order valence-electron chi connectivity index (χ3n) is 2.65. The van der Waals surface area contributed by atoms with Crippen LogP contribution in [-0.4, -0.2) is 22.7 Å². The van der Waals surface area contributed by atoms with Gasteiger partial charge in [-0.3, -0.25) is 0 Å². The van der Waals surface area contributed by atoms with E-state index in [4.69, 9.17) is 23.2 Å². The van der Waals surface area contributed by atoms with Crippen LogP contribution in [-0.2, 0) is 6.54 Å². The molecule has 0 spiro atoms. The summed E-state index contributed by atoms with van der Waals surface area (Å²) >= 11 is 13.7. The molecule has 18 heavy (non-hydrogen) atoms. The molecule has 0 radical (unpaired) electrons. The maximum Gasteiger partial charge on any atom is 0.138 e. The fourth-order valence-corrected chi connectivity index (χ4v) is 2.89. The monoisotopic (exact) mass is 307 g/mol. The summed E-state index contributed by atoms with van der Waals surface area (Å²) < 4.78 is 0. The Labute approximate surface area is 123 Å². The highest BCUT2D eigenvalue weighted by molar-refractivity contribution is 7.99. The van der Waals surface area contributed by atoms with Crippen molar-refractivity contribution < 1.29 is 5.11 Å². The Kier molecular flexibility index (Phi) is 7.23. The molecule has 1 atom stereocenters. The third-order valence-corrected chi connectivity index (χ3v) is 4.09. The molecule has 1 aromatic carbocycles. The summed E-state index contributed by atoms with van der Waals surface area (Å²) in [5, 5.41) is 14.0. The van der Waals surface area contributed by atoms with E-state index in [0.717, 1.165) is 23.5 Å². The van der Waals surface area contributed by atoms with Gasteiger partial charge in [-0.15, -0.1) is 0 Å². The van der Waals surface area contributed by atoms with Crippen molar-refractivity contribution >= 4 is 35.0 Å². The lowest BCUT2D eigenvalue weighted by Crippen LogP contribution is -2.26. The first-order chi connectivity index (χ1) is 8.54. The topological polar surface area (TPSA) is 32.3 Å². The average molecular weight is 308 g/mol. The van der Waals surface area contributed by atoms with Gasteiger partial charge in [0.1, 0.15) is 5.75 Å². The van der Waals surface area contributed by atoms with Gasteiger partial charge in [0, 0.05) is 23.2 Å². The van der Waals surface area contributed by atoms with E-state index in [-0.39, 0.29) is 5.75 Å². The molecular formula is C13H19Cl2NOS. The molecule has 0 fully saturated rings. The van der Waals surface area contributed by atoms with E-state index in [1.165, 1.54) is 0 Å². The van der Waals surface area contributed by atoms with E-state index in [1.807, 2.05) is 11.8 Å². The van der Waals surface area contributed by atoms with E-state index in [1.54, 1.807) is 12.1 Å². The van der Waals surface area contributed by atoms with Crippen LogP contribution in [0.3, 0.4) is 0 Å². The Morgan fingerprint density at radius 2 is 2.11 bits per heavy atom. The molecule has 102 valence electrons. The standard InChI is InChI=1S/C13H19Cl2NOS/c1-3-18-5-4-9(2)16-8-10-6-11(14)7-12(15)13(10)17/h6-7,9,16-17H,3-5,8H2,1-2H3. The second-order valence-electron chi connectivity index (χ2n) is 4.16. The first-order valence-corrected chi connectivity index (χ1v) is 7.93. The minimum atomic E-state index is 0.115. The van der Waals surface area contributed by atoms with Crippen molar-refractivity contribution in [2.24, 2.45) is 0 Å². The van der Waals surface area contributed by atoms with Crippen LogP contribution < -0.4 is 5.32 Å².